The highest BCUT2D eigenvalue weighted by Crippen LogP contribution is 2.35. The molecule has 0 radical (unpaired) electrons. The van der Waals surface area contributed by atoms with E-state index >= 15 is 0 Å². The van der Waals surface area contributed by atoms with Gasteiger partial charge in [-0.3, -0.25) is 0 Å². The summed E-state index contributed by atoms with van der Waals surface area (Å²) in [6.07, 6.45) is -2.94. The molecular formula is C20H27F3N4O3S. The molecule has 1 aliphatic rings. The standard InChI is InChI=1S/C20H27F3N4O3S/c1-2-13-31(29,30)27-11-8-14(9-12-27)25-19(28)24-10-7-16-15-5-3-4-6-17(15)26-18(16)20(21,22)23/h3-6,14,26H,2,7-13H2,1H3,(H2,24,25,28). The highest BCUT2D eigenvalue weighted by molar-refractivity contribution is 7.89. The summed E-state index contributed by atoms with van der Waals surface area (Å²) in [6, 6.07) is 5.90. The quantitative estimate of drug-likeness (QED) is 0.592. The number of alkyl halides is 3. The Labute approximate surface area is 179 Å². The predicted molar refractivity (Wildman–Crippen MR) is 112 cm³/mol. The van der Waals surface area contributed by atoms with Crippen LogP contribution in [0.2, 0.25) is 0 Å². The van der Waals surface area contributed by atoms with Gasteiger partial charge in [-0.15, -0.1) is 0 Å². The van der Waals surface area contributed by atoms with Crippen LogP contribution in [0.15, 0.2) is 24.3 Å². The van der Waals surface area contributed by atoms with Crippen molar-refractivity contribution in [1.82, 2.24) is 19.9 Å². The lowest BCUT2D eigenvalue weighted by Crippen LogP contribution is -2.49. The van der Waals surface area contributed by atoms with Crippen molar-refractivity contribution in [2.24, 2.45) is 0 Å². The van der Waals surface area contributed by atoms with Gasteiger partial charge in [0.05, 0.1) is 5.75 Å². The molecule has 11 heteroatoms. The van der Waals surface area contributed by atoms with Crippen LogP contribution in [-0.2, 0) is 22.6 Å². The summed E-state index contributed by atoms with van der Waals surface area (Å²) < 4.78 is 65.8. The Kier molecular flexibility index (Phi) is 7.15. The number of benzene rings is 1. The van der Waals surface area contributed by atoms with E-state index in [2.05, 4.69) is 15.6 Å². The van der Waals surface area contributed by atoms with Gasteiger partial charge in [0.2, 0.25) is 10.0 Å². The van der Waals surface area contributed by atoms with Crippen molar-refractivity contribution >= 4 is 27.0 Å². The fourth-order valence-corrected chi connectivity index (χ4v) is 5.45. The summed E-state index contributed by atoms with van der Waals surface area (Å²) in [5.74, 6) is 0.110. The van der Waals surface area contributed by atoms with Gasteiger partial charge in [0, 0.05) is 36.6 Å². The molecule has 3 rings (SSSR count). The van der Waals surface area contributed by atoms with Crippen LogP contribution < -0.4 is 10.6 Å². The summed E-state index contributed by atoms with van der Waals surface area (Å²) in [7, 11) is -3.25. The van der Waals surface area contributed by atoms with Gasteiger partial charge in [-0.05, 0) is 37.3 Å². The number of halogens is 3. The summed E-state index contributed by atoms with van der Waals surface area (Å²) in [6.45, 7) is 2.54. The molecular weight excluding hydrogens is 433 g/mol. The Hall–Kier alpha value is -2.27. The SMILES string of the molecule is CCCS(=O)(=O)N1CCC(NC(=O)NCCc2c(C(F)(F)F)[nH]c3ccccc23)CC1. The molecule has 1 aromatic heterocycles. The third-order valence-electron chi connectivity index (χ3n) is 5.40. The zero-order chi connectivity index (χ0) is 22.6. The second kappa shape index (κ2) is 9.47. The van der Waals surface area contributed by atoms with Gasteiger partial charge in [-0.25, -0.2) is 17.5 Å². The van der Waals surface area contributed by atoms with Crippen LogP contribution in [0.3, 0.4) is 0 Å². The number of nitrogens with one attached hydrogen (secondary N) is 3. The van der Waals surface area contributed by atoms with Crippen molar-refractivity contribution < 1.29 is 26.4 Å². The maximum Gasteiger partial charge on any atom is 0.431 e. The fourth-order valence-electron chi connectivity index (χ4n) is 3.90. The minimum Gasteiger partial charge on any atom is -0.351 e. The average molecular weight is 461 g/mol. The van der Waals surface area contributed by atoms with Gasteiger partial charge in [-0.2, -0.15) is 13.2 Å². The number of H-pyrrole nitrogens is 1. The molecule has 0 aliphatic carbocycles. The van der Waals surface area contributed by atoms with Crippen molar-refractivity contribution in [2.45, 2.75) is 44.8 Å². The zero-order valence-electron chi connectivity index (χ0n) is 17.3. The Morgan fingerprint density at radius 2 is 1.90 bits per heavy atom. The lowest BCUT2D eigenvalue weighted by molar-refractivity contribution is -0.141. The highest BCUT2D eigenvalue weighted by Gasteiger charge is 2.36. The molecule has 0 atom stereocenters. The van der Waals surface area contributed by atoms with Gasteiger partial charge in [-0.1, -0.05) is 25.1 Å². The van der Waals surface area contributed by atoms with Crippen LogP contribution >= 0.6 is 0 Å². The molecule has 0 bridgehead atoms. The number of urea groups is 1. The molecule has 1 aromatic carbocycles. The summed E-state index contributed by atoms with van der Waals surface area (Å²) in [5, 5.41) is 5.88. The smallest absolute Gasteiger partial charge is 0.351 e. The molecule has 0 unspecified atom stereocenters. The van der Waals surface area contributed by atoms with E-state index in [0.717, 1.165) is 0 Å². The average Bonchev–Trinajstić information content (AvgIpc) is 3.08. The van der Waals surface area contributed by atoms with E-state index in [0.29, 0.717) is 43.3 Å². The van der Waals surface area contributed by atoms with Crippen LogP contribution in [0.4, 0.5) is 18.0 Å². The Bertz CT molecular complexity index is 1010. The van der Waals surface area contributed by atoms with Crippen molar-refractivity contribution in [1.29, 1.82) is 0 Å². The van der Waals surface area contributed by atoms with E-state index in [1.165, 1.54) is 4.31 Å². The molecule has 0 saturated carbocycles. The maximum absolute atomic E-state index is 13.4. The van der Waals surface area contributed by atoms with E-state index < -0.39 is 27.9 Å². The van der Waals surface area contributed by atoms with E-state index in [9.17, 15) is 26.4 Å². The zero-order valence-corrected chi connectivity index (χ0v) is 18.1. The molecule has 0 spiro atoms. The third kappa shape index (κ3) is 5.70. The number of nitrogens with zero attached hydrogens (tertiary/aromatic N) is 1. The number of hydrogen-bond donors (Lipinski definition) is 3. The second-order valence-corrected chi connectivity index (χ2v) is 9.75. The lowest BCUT2D eigenvalue weighted by Gasteiger charge is -2.31. The normalized spacial score (nSPS) is 16.5. The number of fused-ring (bicyclic) bond motifs is 1. The first-order valence-corrected chi connectivity index (χ1v) is 11.9. The first-order chi connectivity index (χ1) is 14.6. The molecule has 1 aliphatic heterocycles. The van der Waals surface area contributed by atoms with Crippen LogP contribution in [0, 0.1) is 0 Å². The first kappa shape index (κ1) is 23.4. The Balaban J connectivity index is 1.52. The highest BCUT2D eigenvalue weighted by atomic mass is 32.2. The first-order valence-electron chi connectivity index (χ1n) is 10.3. The Morgan fingerprint density at radius 3 is 2.55 bits per heavy atom. The van der Waals surface area contributed by atoms with Crippen molar-refractivity contribution in [3.05, 3.63) is 35.5 Å². The molecule has 1 fully saturated rings. The number of aromatic nitrogens is 1. The maximum atomic E-state index is 13.4. The van der Waals surface area contributed by atoms with Gasteiger partial charge in [0.15, 0.2) is 0 Å². The van der Waals surface area contributed by atoms with Crippen LogP contribution in [0.5, 0.6) is 0 Å². The van der Waals surface area contributed by atoms with E-state index in [-0.39, 0.29) is 30.3 Å². The van der Waals surface area contributed by atoms with E-state index in [4.69, 9.17) is 0 Å². The minimum atomic E-state index is -4.51. The van der Waals surface area contributed by atoms with E-state index in [1.807, 2.05) is 6.92 Å². The number of sulfonamides is 1. The van der Waals surface area contributed by atoms with Crippen molar-refractivity contribution in [3.63, 3.8) is 0 Å². The molecule has 2 aromatic rings. The molecule has 3 N–H and O–H groups in total. The number of carbonyl (C=O) groups excluding carboxylic acids is 1. The summed E-state index contributed by atoms with van der Waals surface area (Å²) >= 11 is 0. The van der Waals surface area contributed by atoms with Gasteiger partial charge >= 0.3 is 12.2 Å². The van der Waals surface area contributed by atoms with Crippen molar-refractivity contribution in [2.75, 3.05) is 25.4 Å². The lowest BCUT2D eigenvalue weighted by atomic mass is 10.1. The number of hydrogen-bond acceptors (Lipinski definition) is 3. The predicted octanol–water partition coefficient (Wildman–Crippen LogP) is 3.23. The summed E-state index contributed by atoms with van der Waals surface area (Å²) in [5.41, 5.74) is -0.270. The van der Waals surface area contributed by atoms with Crippen LogP contribution in [-0.4, -0.2) is 55.2 Å². The topological polar surface area (TPSA) is 94.3 Å². The van der Waals surface area contributed by atoms with Crippen LogP contribution in [0.25, 0.3) is 10.9 Å². The number of carbonyl (C=O) groups is 1. The molecule has 172 valence electrons. The van der Waals surface area contributed by atoms with Gasteiger partial charge in [0.1, 0.15) is 5.69 Å². The molecule has 2 amide bonds. The van der Waals surface area contributed by atoms with Gasteiger partial charge < -0.3 is 15.6 Å². The monoisotopic (exact) mass is 460 g/mol. The van der Waals surface area contributed by atoms with Crippen molar-refractivity contribution in [3.8, 4) is 0 Å². The largest absolute Gasteiger partial charge is 0.431 e. The molecule has 7 nitrogen and oxygen atoms in total. The molecule has 2 heterocycles. The number of aromatic amines is 1. The molecule has 1 saturated heterocycles. The Morgan fingerprint density at radius 1 is 1.23 bits per heavy atom. The second-order valence-electron chi connectivity index (χ2n) is 7.66. The molecule has 31 heavy (non-hydrogen) atoms. The number of rotatable bonds is 7. The summed E-state index contributed by atoms with van der Waals surface area (Å²) in [4.78, 5) is 14.6. The number of amides is 2. The van der Waals surface area contributed by atoms with E-state index in [1.54, 1.807) is 24.3 Å². The third-order valence-corrected chi connectivity index (χ3v) is 7.48. The fraction of sp³-hybridized carbons (Fsp3) is 0.550. The van der Waals surface area contributed by atoms with Gasteiger partial charge in [0.25, 0.3) is 0 Å². The minimum absolute atomic E-state index is 0.0278. The number of piperidine rings is 1. The number of para-hydroxylation sites is 1. The van der Waals surface area contributed by atoms with Crippen LogP contribution in [0.1, 0.15) is 37.4 Å².